The van der Waals surface area contributed by atoms with Gasteiger partial charge in [0.05, 0.1) is 29.0 Å². The number of carbonyl (C=O) groups is 1. The zero-order valence-corrected chi connectivity index (χ0v) is 17.8. The summed E-state index contributed by atoms with van der Waals surface area (Å²) >= 11 is 0. The fourth-order valence-electron chi connectivity index (χ4n) is 3.51. The van der Waals surface area contributed by atoms with Crippen LogP contribution in [-0.2, 0) is 18.3 Å². The minimum Gasteiger partial charge on any atom is -0.507 e. The zero-order valence-electron chi connectivity index (χ0n) is 17.8. The molecule has 0 bridgehead atoms. The molecule has 3 N–H and O–H groups in total. The van der Waals surface area contributed by atoms with E-state index in [2.05, 4.69) is 15.5 Å². The first-order valence-corrected chi connectivity index (χ1v) is 10.1. The normalized spacial score (nSPS) is 16.0. The van der Waals surface area contributed by atoms with E-state index in [1.807, 2.05) is 36.7 Å². The summed E-state index contributed by atoms with van der Waals surface area (Å²) < 4.78 is 7.34. The third-order valence-corrected chi connectivity index (χ3v) is 5.23. The van der Waals surface area contributed by atoms with Crippen molar-refractivity contribution < 1.29 is 19.7 Å². The number of nitrogens with one attached hydrogen (secondary N) is 1. The Morgan fingerprint density at radius 1 is 1.32 bits per heavy atom. The van der Waals surface area contributed by atoms with Crippen molar-refractivity contribution in [2.24, 2.45) is 18.1 Å². The van der Waals surface area contributed by atoms with Crippen LogP contribution in [0, 0.1) is 5.92 Å². The minimum absolute atomic E-state index is 0.114. The Bertz CT molecular complexity index is 1180. The topological polar surface area (TPSA) is 112 Å². The van der Waals surface area contributed by atoms with E-state index in [1.165, 1.54) is 6.07 Å². The first-order chi connectivity index (χ1) is 14.8. The molecule has 0 aliphatic carbocycles. The molecule has 1 aliphatic rings. The Morgan fingerprint density at radius 2 is 2.10 bits per heavy atom. The fourth-order valence-corrected chi connectivity index (χ4v) is 3.51. The van der Waals surface area contributed by atoms with Crippen molar-refractivity contribution in [3.05, 3.63) is 47.8 Å². The molecule has 1 unspecified atom stereocenters. The number of phenols is 1. The first kappa shape index (κ1) is 20.7. The molecule has 0 fully saturated rings. The molecule has 9 nitrogen and oxygen atoms in total. The molecular weight excluding hydrogens is 398 g/mol. The Hall–Kier alpha value is -3.59. The number of aryl methyl sites for hydroxylation is 2. The number of imidazole rings is 1. The number of hydrogen-bond donors (Lipinski definition) is 3. The van der Waals surface area contributed by atoms with Crippen molar-refractivity contribution in [2.45, 2.75) is 33.5 Å². The second-order valence-electron chi connectivity index (χ2n) is 7.71. The van der Waals surface area contributed by atoms with E-state index in [0.717, 1.165) is 11.1 Å². The van der Waals surface area contributed by atoms with Crippen LogP contribution in [0.2, 0.25) is 0 Å². The van der Waals surface area contributed by atoms with Crippen LogP contribution in [0.15, 0.2) is 41.8 Å². The van der Waals surface area contributed by atoms with Crippen LogP contribution >= 0.6 is 0 Å². The number of hydrazone groups is 1. The van der Waals surface area contributed by atoms with E-state index in [-0.39, 0.29) is 17.6 Å². The molecule has 3 aromatic rings. The highest BCUT2D eigenvalue weighted by Gasteiger charge is 2.32. The predicted octanol–water partition coefficient (Wildman–Crippen LogP) is 2.45. The molecule has 0 saturated carbocycles. The van der Waals surface area contributed by atoms with Crippen molar-refractivity contribution in [1.82, 2.24) is 15.0 Å². The van der Waals surface area contributed by atoms with E-state index in [1.54, 1.807) is 31.1 Å². The smallest absolute Gasteiger partial charge is 0.313 e. The number of rotatable bonds is 5. The maximum absolute atomic E-state index is 12.1. The van der Waals surface area contributed by atoms with Crippen LogP contribution in [0.3, 0.4) is 0 Å². The number of aliphatic hydroxyl groups excluding tert-OH is 1. The van der Waals surface area contributed by atoms with Gasteiger partial charge in [0, 0.05) is 13.1 Å². The van der Waals surface area contributed by atoms with Crippen LogP contribution in [0.4, 0.5) is 5.69 Å². The van der Waals surface area contributed by atoms with Gasteiger partial charge in [0.2, 0.25) is 6.35 Å². The number of anilines is 1. The van der Waals surface area contributed by atoms with Crippen molar-refractivity contribution >= 4 is 28.5 Å². The summed E-state index contributed by atoms with van der Waals surface area (Å²) in [6, 6.07) is 8.78. The third-order valence-electron chi connectivity index (χ3n) is 5.23. The second-order valence-corrected chi connectivity index (χ2v) is 7.71. The van der Waals surface area contributed by atoms with Crippen molar-refractivity contribution in [3.8, 4) is 11.5 Å². The van der Waals surface area contributed by atoms with E-state index in [9.17, 15) is 15.0 Å². The summed E-state index contributed by atoms with van der Waals surface area (Å²) in [5, 5.41) is 25.6. The van der Waals surface area contributed by atoms with Crippen molar-refractivity contribution in [3.63, 3.8) is 0 Å². The van der Waals surface area contributed by atoms with E-state index in [4.69, 9.17) is 4.74 Å². The molecule has 0 amide bonds. The highest BCUT2D eigenvalue weighted by Crippen LogP contribution is 2.35. The fraction of sp³-hybridized carbons (Fsp3) is 0.318. The summed E-state index contributed by atoms with van der Waals surface area (Å²) in [7, 11) is 1.89. The molecule has 0 radical (unpaired) electrons. The van der Waals surface area contributed by atoms with Crippen LogP contribution < -0.4 is 15.1 Å². The average molecular weight is 423 g/mol. The summed E-state index contributed by atoms with van der Waals surface area (Å²) in [6.07, 6.45) is 1.14. The number of esters is 1. The maximum Gasteiger partial charge on any atom is 0.313 e. The lowest BCUT2D eigenvalue weighted by Gasteiger charge is -2.24. The number of para-hydroxylation sites is 1. The zero-order chi connectivity index (χ0) is 22.3. The summed E-state index contributed by atoms with van der Waals surface area (Å²) in [4.78, 5) is 18.1. The predicted molar refractivity (Wildman–Crippen MR) is 117 cm³/mol. The molecular formula is C22H25N5O4. The molecule has 1 aliphatic heterocycles. The van der Waals surface area contributed by atoms with Gasteiger partial charge in [-0.1, -0.05) is 26.8 Å². The number of amidine groups is 1. The van der Waals surface area contributed by atoms with Crippen LogP contribution in [0.1, 0.15) is 31.9 Å². The molecule has 9 heteroatoms. The number of hydrogen-bond acceptors (Lipinski definition) is 8. The average Bonchev–Trinajstić information content (AvgIpc) is 3.31. The molecule has 2 heterocycles. The van der Waals surface area contributed by atoms with Crippen LogP contribution in [0.25, 0.3) is 11.0 Å². The van der Waals surface area contributed by atoms with Gasteiger partial charge < -0.3 is 19.5 Å². The van der Waals surface area contributed by atoms with Crippen LogP contribution in [-0.4, -0.2) is 37.9 Å². The van der Waals surface area contributed by atoms with E-state index < -0.39 is 6.35 Å². The highest BCUT2D eigenvalue weighted by molar-refractivity contribution is 6.15. The van der Waals surface area contributed by atoms with Gasteiger partial charge in [-0.15, -0.1) is 0 Å². The van der Waals surface area contributed by atoms with Gasteiger partial charge in [-0.25, -0.2) is 4.98 Å². The number of aromatic hydroxyl groups is 1. The number of nitrogens with zero attached hydrogens (tertiary/aromatic N) is 4. The molecule has 2 aromatic carbocycles. The van der Waals surface area contributed by atoms with Crippen molar-refractivity contribution in [2.75, 3.05) is 4.90 Å². The molecule has 0 saturated heterocycles. The summed E-state index contributed by atoms with van der Waals surface area (Å²) in [5.41, 5.74) is 6.02. The number of aromatic nitrogens is 2. The number of phenolic OH excluding ortho intramolecular Hbond substituents is 1. The SMILES string of the molecule is CCc1cc(C2=NNC(O)N2c2cccc3c2ncn3C)c(O)cc1OC(=O)C(C)C. The number of fused-ring (bicyclic) bond motifs is 1. The molecule has 162 valence electrons. The molecule has 31 heavy (non-hydrogen) atoms. The second kappa shape index (κ2) is 7.92. The van der Waals surface area contributed by atoms with Gasteiger partial charge in [-0.3, -0.25) is 15.1 Å². The van der Waals surface area contributed by atoms with Gasteiger partial charge in [0.15, 0.2) is 5.84 Å². The largest absolute Gasteiger partial charge is 0.507 e. The van der Waals surface area contributed by atoms with Crippen LogP contribution in [0.5, 0.6) is 11.5 Å². The Kier molecular flexibility index (Phi) is 5.28. The highest BCUT2D eigenvalue weighted by atomic mass is 16.5. The summed E-state index contributed by atoms with van der Waals surface area (Å²) in [5.74, 6) is -0.135. The van der Waals surface area contributed by atoms with E-state index >= 15 is 0 Å². The van der Waals surface area contributed by atoms with Gasteiger partial charge >= 0.3 is 5.97 Å². The van der Waals surface area contributed by atoms with E-state index in [0.29, 0.717) is 34.8 Å². The Balaban J connectivity index is 1.78. The van der Waals surface area contributed by atoms with Crippen molar-refractivity contribution in [1.29, 1.82) is 0 Å². The number of benzene rings is 2. The summed E-state index contributed by atoms with van der Waals surface area (Å²) in [6.45, 7) is 5.43. The molecule has 0 spiro atoms. The number of aliphatic hydroxyl groups is 1. The molecule has 1 aromatic heterocycles. The number of carbonyl (C=O) groups excluding carboxylic acids is 1. The molecule has 4 rings (SSSR count). The number of ether oxygens (including phenoxy) is 1. The quantitative estimate of drug-likeness (QED) is 0.427. The molecule has 1 atom stereocenters. The minimum atomic E-state index is -1.13. The standard InChI is InChI=1S/C22H25N5O4/c1-5-13-9-14(17(28)10-18(13)31-21(29)12(2)3)20-24-25-22(30)27(20)16-8-6-7-15-19(16)23-11-26(15)4/h6-12,22,25,28,30H,5H2,1-4H3. The lowest BCUT2D eigenvalue weighted by molar-refractivity contribution is -0.137. The lowest BCUT2D eigenvalue weighted by Crippen LogP contribution is -2.40. The monoisotopic (exact) mass is 423 g/mol. The van der Waals surface area contributed by atoms with Gasteiger partial charge in [-0.05, 0) is 30.2 Å². The van der Waals surface area contributed by atoms with Gasteiger partial charge in [0.25, 0.3) is 0 Å². The Morgan fingerprint density at radius 3 is 2.81 bits per heavy atom. The van der Waals surface area contributed by atoms with Gasteiger partial charge in [0.1, 0.15) is 17.0 Å². The Labute approximate surface area is 179 Å². The first-order valence-electron chi connectivity index (χ1n) is 10.1. The van der Waals surface area contributed by atoms with Gasteiger partial charge in [-0.2, -0.15) is 5.10 Å². The maximum atomic E-state index is 12.1. The lowest BCUT2D eigenvalue weighted by atomic mass is 10.0. The third kappa shape index (κ3) is 3.57.